The number of aromatic nitrogens is 3. The van der Waals surface area contributed by atoms with Crippen LogP contribution in [0.25, 0.3) is 4.96 Å². The fraction of sp³-hybridized carbons (Fsp3) is 0.238. The van der Waals surface area contributed by atoms with Crippen LogP contribution in [-0.2, 0) is 18.0 Å². The molecule has 0 saturated carbocycles. The van der Waals surface area contributed by atoms with Gasteiger partial charge in [0.1, 0.15) is 24.7 Å². The Morgan fingerprint density at radius 1 is 1.20 bits per heavy atom. The molecule has 0 atom stereocenters. The summed E-state index contributed by atoms with van der Waals surface area (Å²) in [5.74, 6) is 0.697. The Hall–Kier alpha value is -3.46. The summed E-state index contributed by atoms with van der Waals surface area (Å²) in [6, 6.07) is 8.09. The summed E-state index contributed by atoms with van der Waals surface area (Å²) in [7, 11) is 0. The van der Waals surface area contributed by atoms with Crippen LogP contribution < -0.4 is 10.3 Å². The molecule has 0 radical (unpaired) electrons. The van der Waals surface area contributed by atoms with Crippen LogP contribution in [0.4, 0.5) is 0 Å². The van der Waals surface area contributed by atoms with Gasteiger partial charge in [0.2, 0.25) is 0 Å². The number of ether oxygens (including phenoxy) is 2. The van der Waals surface area contributed by atoms with Gasteiger partial charge in [-0.2, -0.15) is 0 Å². The highest BCUT2D eigenvalue weighted by Crippen LogP contribution is 2.19. The number of carbonyl (C=O) groups is 1. The highest BCUT2D eigenvalue weighted by atomic mass is 32.1. The van der Waals surface area contributed by atoms with E-state index in [1.54, 1.807) is 24.3 Å². The maximum atomic E-state index is 12.5. The first kappa shape index (κ1) is 19.8. The summed E-state index contributed by atoms with van der Waals surface area (Å²) in [5, 5.41) is 5.75. The molecule has 0 fully saturated rings. The van der Waals surface area contributed by atoms with Gasteiger partial charge in [-0.15, -0.1) is 11.3 Å². The summed E-state index contributed by atoms with van der Waals surface area (Å²) < 4.78 is 17.8. The molecule has 154 valence electrons. The lowest BCUT2D eigenvalue weighted by atomic mass is 10.2. The van der Waals surface area contributed by atoms with E-state index in [4.69, 9.17) is 14.0 Å². The minimum Gasteiger partial charge on any atom is -0.489 e. The number of benzene rings is 1. The van der Waals surface area contributed by atoms with Gasteiger partial charge in [0, 0.05) is 17.1 Å². The Morgan fingerprint density at radius 2 is 2.03 bits per heavy atom. The van der Waals surface area contributed by atoms with E-state index >= 15 is 0 Å². The van der Waals surface area contributed by atoms with Gasteiger partial charge in [0.25, 0.3) is 5.56 Å². The Bertz CT molecular complexity index is 1270. The molecule has 8 nitrogen and oxygen atoms in total. The van der Waals surface area contributed by atoms with Crippen LogP contribution >= 0.6 is 11.3 Å². The van der Waals surface area contributed by atoms with E-state index in [0.29, 0.717) is 27.7 Å². The molecule has 0 aliphatic carbocycles. The zero-order valence-electron chi connectivity index (χ0n) is 16.7. The summed E-state index contributed by atoms with van der Waals surface area (Å²) in [5.41, 5.74) is 3.02. The second kappa shape index (κ2) is 8.11. The predicted octanol–water partition coefficient (Wildman–Crippen LogP) is 3.61. The highest BCUT2D eigenvalue weighted by molar-refractivity contribution is 7.15. The molecule has 0 aliphatic rings. The minimum absolute atomic E-state index is 0.0916. The Morgan fingerprint density at radius 3 is 2.80 bits per heavy atom. The standard InChI is InChI=1S/C21H19N3O5S/c1-12-11-30-21-22-16(8-19(25)24(12)21)9-28-20(26)15-5-4-6-17(7-15)27-10-18-13(2)23-29-14(18)3/h4-8,11H,9-10H2,1-3H3. The molecular weight excluding hydrogens is 406 g/mol. The minimum atomic E-state index is -0.526. The summed E-state index contributed by atoms with van der Waals surface area (Å²) >= 11 is 1.36. The SMILES string of the molecule is Cc1noc(C)c1COc1cccc(C(=O)OCc2cc(=O)n3c(C)csc3n2)c1. The second-order valence-corrected chi connectivity index (χ2v) is 7.61. The van der Waals surface area contributed by atoms with Crippen LogP contribution in [0.2, 0.25) is 0 Å². The molecule has 1 aromatic carbocycles. The van der Waals surface area contributed by atoms with Crippen molar-refractivity contribution in [1.29, 1.82) is 0 Å². The maximum Gasteiger partial charge on any atom is 0.338 e. The van der Waals surface area contributed by atoms with E-state index in [-0.39, 0.29) is 18.8 Å². The van der Waals surface area contributed by atoms with E-state index in [0.717, 1.165) is 17.0 Å². The van der Waals surface area contributed by atoms with Crippen molar-refractivity contribution in [2.45, 2.75) is 34.0 Å². The molecule has 3 aromatic heterocycles. The smallest absolute Gasteiger partial charge is 0.338 e. The average Bonchev–Trinajstić information content (AvgIpc) is 3.27. The third-order valence-corrected chi connectivity index (χ3v) is 5.56. The van der Waals surface area contributed by atoms with Crippen molar-refractivity contribution >= 4 is 22.3 Å². The van der Waals surface area contributed by atoms with Gasteiger partial charge in [-0.25, -0.2) is 9.78 Å². The first-order valence-corrected chi connectivity index (χ1v) is 10.1. The average molecular weight is 425 g/mol. The van der Waals surface area contributed by atoms with Crippen molar-refractivity contribution in [3.8, 4) is 5.75 Å². The molecule has 4 rings (SSSR count). The van der Waals surface area contributed by atoms with Crippen molar-refractivity contribution in [2.24, 2.45) is 0 Å². The van der Waals surface area contributed by atoms with E-state index in [2.05, 4.69) is 10.1 Å². The van der Waals surface area contributed by atoms with Gasteiger partial charge in [-0.05, 0) is 39.0 Å². The fourth-order valence-corrected chi connectivity index (χ4v) is 3.86. The second-order valence-electron chi connectivity index (χ2n) is 6.78. The number of esters is 1. The molecule has 4 aromatic rings. The molecule has 0 bridgehead atoms. The monoisotopic (exact) mass is 425 g/mol. The molecule has 0 spiro atoms. The van der Waals surface area contributed by atoms with Crippen molar-refractivity contribution < 1.29 is 18.8 Å². The maximum absolute atomic E-state index is 12.5. The van der Waals surface area contributed by atoms with Gasteiger partial charge >= 0.3 is 5.97 Å². The lowest BCUT2D eigenvalue weighted by Gasteiger charge is -2.08. The van der Waals surface area contributed by atoms with Crippen molar-refractivity contribution in [1.82, 2.24) is 14.5 Å². The van der Waals surface area contributed by atoms with Crippen LogP contribution in [0.5, 0.6) is 5.75 Å². The molecule has 0 amide bonds. The van der Waals surface area contributed by atoms with Crippen molar-refractivity contribution in [3.05, 3.63) is 80.0 Å². The zero-order chi connectivity index (χ0) is 21.3. The zero-order valence-corrected chi connectivity index (χ0v) is 17.5. The number of carbonyl (C=O) groups excluding carboxylic acids is 1. The molecule has 0 N–H and O–H groups in total. The fourth-order valence-electron chi connectivity index (χ4n) is 2.97. The van der Waals surface area contributed by atoms with E-state index in [1.165, 1.54) is 21.8 Å². The van der Waals surface area contributed by atoms with Crippen molar-refractivity contribution in [2.75, 3.05) is 0 Å². The molecular formula is C21H19N3O5S. The lowest BCUT2D eigenvalue weighted by Crippen LogP contribution is -2.16. The van der Waals surface area contributed by atoms with Crippen LogP contribution in [0.15, 0.2) is 45.0 Å². The number of hydrogen-bond donors (Lipinski definition) is 0. The lowest BCUT2D eigenvalue weighted by molar-refractivity contribution is 0.0467. The van der Waals surface area contributed by atoms with Gasteiger partial charge in [0.05, 0.1) is 22.5 Å². The summed E-state index contributed by atoms with van der Waals surface area (Å²) in [6.07, 6.45) is 0. The predicted molar refractivity (Wildman–Crippen MR) is 110 cm³/mol. The largest absolute Gasteiger partial charge is 0.489 e. The van der Waals surface area contributed by atoms with Gasteiger partial charge in [0.15, 0.2) is 4.96 Å². The van der Waals surface area contributed by atoms with Crippen LogP contribution in [0, 0.1) is 20.8 Å². The molecule has 3 heterocycles. The number of nitrogens with zero attached hydrogens (tertiary/aromatic N) is 3. The third-order valence-electron chi connectivity index (χ3n) is 4.61. The number of hydrogen-bond acceptors (Lipinski definition) is 8. The van der Waals surface area contributed by atoms with Crippen LogP contribution in [-0.4, -0.2) is 20.5 Å². The molecule has 0 aliphatic heterocycles. The van der Waals surface area contributed by atoms with E-state index in [9.17, 15) is 9.59 Å². The number of aryl methyl sites for hydroxylation is 3. The Kier molecular flexibility index (Phi) is 5.37. The van der Waals surface area contributed by atoms with Gasteiger partial charge in [-0.1, -0.05) is 11.2 Å². The first-order valence-electron chi connectivity index (χ1n) is 9.21. The first-order chi connectivity index (χ1) is 14.4. The summed E-state index contributed by atoms with van der Waals surface area (Å²) in [6.45, 7) is 5.70. The molecule has 0 unspecified atom stereocenters. The summed E-state index contributed by atoms with van der Waals surface area (Å²) in [4.78, 5) is 29.6. The third kappa shape index (κ3) is 3.97. The quantitative estimate of drug-likeness (QED) is 0.436. The van der Waals surface area contributed by atoms with Crippen LogP contribution in [0.3, 0.4) is 0 Å². The van der Waals surface area contributed by atoms with Crippen molar-refractivity contribution in [3.63, 3.8) is 0 Å². The Balaban J connectivity index is 1.42. The van der Waals surface area contributed by atoms with E-state index < -0.39 is 5.97 Å². The number of fused-ring (bicyclic) bond motifs is 1. The molecule has 9 heteroatoms. The van der Waals surface area contributed by atoms with Gasteiger partial charge in [-0.3, -0.25) is 9.20 Å². The normalized spacial score (nSPS) is 11.0. The number of rotatable bonds is 6. The van der Waals surface area contributed by atoms with Crippen LogP contribution in [0.1, 0.15) is 38.8 Å². The molecule has 0 saturated heterocycles. The highest BCUT2D eigenvalue weighted by Gasteiger charge is 2.13. The van der Waals surface area contributed by atoms with Gasteiger partial charge < -0.3 is 14.0 Å². The van der Waals surface area contributed by atoms with E-state index in [1.807, 2.05) is 26.2 Å². The molecule has 30 heavy (non-hydrogen) atoms. The Labute approximate surface area is 175 Å². The topological polar surface area (TPSA) is 95.9 Å². The number of thiazole rings is 1.